The minimum absolute atomic E-state index is 0.398. The number of likely N-dealkylation sites (N-methyl/N-ethyl adjacent to an activating group) is 1. The second-order valence-electron chi connectivity index (χ2n) is 3.02. The lowest BCUT2D eigenvalue weighted by Crippen LogP contribution is -2.11. The highest BCUT2D eigenvalue weighted by Crippen LogP contribution is 2.21. The Morgan fingerprint density at radius 2 is 2.13 bits per heavy atom. The molecule has 0 saturated carbocycles. The van der Waals surface area contributed by atoms with E-state index >= 15 is 0 Å². The summed E-state index contributed by atoms with van der Waals surface area (Å²) in [6.07, 6.45) is 0.411. The Bertz CT molecular complexity index is 383. The number of nitrogens with zero attached hydrogens (tertiary/aromatic N) is 1. The minimum atomic E-state index is -1.41. The van der Waals surface area contributed by atoms with E-state index in [1.165, 1.54) is 0 Å². The van der Waals surface area contributed by atoms with Crippen molar-refractivity contribution in [1.29, 1.82) is 0 Å². The molecule has 0 amide bonds. The summed E-state index contributed by atoms with van der Waals surface area (Å²) >= 11 is 0. The normalized spacial score (nSPS) is 10.3. The van der Waals surface area contributed by atoms with E-state index in [-0.39, 0.29) is 0 Å². The maximum atomic E-state index is 12.9. The van der Waals surface area contributed by atoms with Crippen LogP contribution in [0, 0.1) is 21.7 Å². The van der Waals surface area contributed by atoms with Crippen LogP contribution in [0.5, 0.6) is 0 Å². The lowest BCUT2D eigenvalue weighted by atomic mass is 10.1. The number of nitro groups is 1. The number of hydrogen-bond donors (Lipinski definition) is 1. The highest BCUT2D eigenvalue weighted by Gasteiger charge is 2.19. The molecule has 0 aliphatic heterocycles. The average molecular weight is 216 g/mol. The molecule has 0 radical (unpaired) electrons. The zero-order valence-corrected chi connectivity index (χ0v) is 8.09. The topological polar surface area (TPSA) is 55.2 Å². The molecule has 1 N–H and O–H groups in total. The Kier molecular flexibility index (Phi) is 3.68. The van der Waals surface area contributed by atoms with Crippen LogP contribution in [0.4, 0.5) is 14.5 Å². The van der Waals surface area contributed by atoms with Crippen molar-refractivity contribution in [3.8, 4) is 0 Å². The van der Waals surface area contributed by atoms with Crippen molar-refractivity contribution in [2.45, 2.75) is 6.42 Å². The molecule has 0 aliphatic carbocycles. The van der Waals surface area contributed by atoms with Gasteiger partial charge in [0.2, 0.25) is 5.82 Å². The van der Waals surface area contributed by atoms with Gasteiger partial charge in [-0.3, -0.25) is 10.1 Å². The van der Waals surface area contributed by atoms with Gasteiger partial charge in [-0.1, -0.05) is 0 Å². The van der Waals surface area contributed by atoms with Crippen LogP contribution in [0.15, 0.2) is 12.1 Å². The Labute approximate surface area is 85.1 Å². The number of rotatable bonds is 4. The SMILES string of the molecule is CNCCc1cc(F)c(F)c([N+](=O)[O-])c1. The summed E-state index contributed by atoms with van der Waals surface area (Å²) in [5.74, 6) is -2.59. The first-order chi connectivity index (χ1) is 7.06. The predicted molar refractivity (Wildman–Crippen MR) is 50.6 cm³/mol. The monoisotopic (exact) mass is 216 g/mol. The Hall–Kier alpha value is -1.56. The molecule has 0 heterocycles. The molecule has 0 atom stereocenters. The van der Waals surface area contributed by atoms with Crippen molar-refractivity contribution in [3.63, 3.8) is 0 Å². The fraction of sp³-hybridized carbons (Fsp3) is 0.333. The Morgan fingerprint density at radius 1 is 1.47 bits per heavy atom. The largest absolute Gasteiger partial charge is 0.319 e. The van der Waals surface area contributed by atoms with E-state index in [1.54, 1.807) is 7.05 Å². The van der Waals surface area contributed by atoms with Crippen LogP contribution in [-0.4, -0.2) is 18.5 Å². The van der Waals surface area contributed by atoms with E-state index in [2.05, 4.69) is 5.32 Å². The van der Waals surface area contributed by atoms with Crippen LogP contribution < -0.4 is 5.32 Å². The zero-order valence-electron chi connectivity index (χ0n) is 8.09. The summed E-state index contributed by atoms with van der Waals surface area (Å²) in [5, 5.41) is 13.2. The summed E-state index contributed by atoms with van der Waals surface area (Å²) in [6, 6.07) is 2.02. The second-order valence-corrected chi connectivity index (χ2v) is 3.02. The van der Waals surface area contributed by atoms with Crippen LogP contribution in [0.2, 0.25) is 0 Å². The molecule has 0 aliphatic rings. The molecular formula is C9H10F2N2O2. The summed E-state index contributed by atoms with van der Waals surface area (Å²) in [5.41, 5.74) is -0.420. The number of nitro benzene ring substituents is 1. The van der Waals surface area contributed by atoms with Gasteiger partial charge in [-0.05, 0) is 31.6 Å². The van der Waals surface area contributed by atoms with Gasteiger partial charge in [0.1, 0.15) is 0 Å². The molecule has 1 rings (SSSR count). The first kappa shape index (κ1) is 11.5. The molecule has 0 spiro atoms. The van der Waals surface area contributed by atoms with Crippen LogP contribution in [-0.2, 0) is 6.42 Å². The van der Waals surface area contributed by atoms with Crippen molar-refractivity contribution >= 4 is 5.69 Å². The van der Waals surface area contributed by atoms with Gasteiger partial charge < -0.3 is 5.32 Å². The molecule has 0 unspecified atom stereocenters. The molecule has 1 aromatic rings. The van der Waals surface area contributed by atoms with E-state index in [0.717, 1.165) is 12.1 Å². The fourth-order valence-corrected chi connectivity index (χ4v) is 1.18. The molecule has 0 fully saturated rings. The van der Waals surface area contributed by atoms with Gasteiger partial charge in [0, 0.05) is 6.07 Å². The van der Waals surface area contributed by atoms with Gasteiger partial charge in [0.25, 0.3) is 0 Å². The Morgan fingerprint density at radius 3 is 2.67 bits per heavy atom. The van der Waals surface area contributed by atoms with Crippen molar-refractivity contribution < 1.29 is 13.7 Å². The lowest BCUT2D eigenvalue weighted by molar-refractivity contribution is -0.387. The molecule has 6 heteroatoms. The van der Waals surface area contributed by atoms with Gasteiger partial charge in [0.05, 0.1) is 4.92 Å². The van der Waals surface area contributed by atoms with Crippen LogP contribution in [0.25, 0.3) is 0 Å². The highest BCUT2D eigenvalue weighted by molar-refractivity contribution is 5.37. The molecule has 4 nitrogen and oxygen atoms in total. The van der Waals surface area contributed by atoms with E-state index in [9.17, 15) is 18.9 Å². The fourth-order valence-electron chi connectivity index (χ4n) is 1.18. The van der Waals surface area contributed by atoms with Gasteiger partial charge in [-0.25, -0.2) is 4.39 Å². The molecule has 0 aromatic heterocycles. The van der Waals surface area contributed by atoms with Crippen molar-refractivity contribution in [3.05, 3.63) is 39.4 Å². The maximum absolute atomic E-state index is 12.9. The van der Waals surface area contributed by atoms with Crippen LogP contribution in [0.3, 0.4) is 0 Å². The number of hydrogen-bond acceptors (Lipinski definition) is 3. The average Bonchev–Trinajstić information content (AvgIpc) is 2.19. The van der Waals surface area contributed by atoms with E-state index < -0.39 is 22.2 Å². The third-order valence-electron chi connectivity index (χ3n) is 1.93. The summed E-state index contributed by atoms with van der Waals surface area (Å²) < 4.78 is 25.8. The molecule has 82 valence electrons. The third kappa shape index (κ3) is 2.69. The highest BCUT2D eigenvalue weighted by atomic mass is 19.2. The second kappa shape index (κ2) is 4.79. The molecule has 15 heavy (non-hydrogen) atoms. The predicted octanol–water partition coefficient (Wildman–Crippen LogP) is 1.63. The van der Waals surface area contributed by atoms with Gasteiger partial charge in [0.15, 0.2) is 5.82 Å². The Balaban J connectivity index is 3.06. The van der Waals surface area contributed by atoms with Crippen molar-refractivity contribution in [2.75, 3.05) is 13.6 Å². The molecular weight excluding hydrogens is 206 g/mol. The molecule has 0 bridgehead atoms. The van der Waals surface area contributed by atoms with E-state index in [4.69, 9.17) is 0 Å². The quantitative estimate of drug-likeness (QED) is 0.614. The molecule has 0 saturated heterocycles. The summed E-state index contributed by atoms with van der Waals surface area (Å²) in [7, 11) is 1.70. The first-order valence-electron chi connectivity index (χ1n) is 4.33. The minimum Gasteiger partial charge on any atom is -0.319 e. The summed E-state index contributed by atoms with van der Waals surface area (Å²) in [4.78, 5) is 9.45. The van der Waals surface area contributed by atoms with Crippen molar-refractivity contribution in [2.24, 2.45) is 0 Å². The number of benzene rings is 1. The van der Waals surface area contributed by atoms with Gasteiger partial charge in [-0.15, -0.1) is 0 Å². The van der Waals surface area contributed by atoms with Crippen molar-refractivity contribution in [1.82, 2.24) is 5.32 Å². The van der Waals surface area contributed by atoms with Gasteiger partial charge >= 0.3 is 5.69 Å². The van der Waals surface area contributed by atoms with Gasteiger partial charge in [-0.2, -0.15) is 4.39 Å². The van der Waals surface area contributed by atoms with E-state index in [0.29, 0.717) is 18.5 Å². The summed E-state index contributed by atoms with van der Waals surface area (Å²) in [6.45, 7) is 0.544. The zero-order chi connectivity index (χ0) is 11.4. The standard InChI is InChI=1S/C9H10F2N2O2/c1-12-3-2-6-4-7(10)9(11)8(5-6)13(14)15/h4-5,12H,2-3H2,1H3. The molecule has 1 aromatic carbocycles. The van der Waals surface area contributed by atoms with Crippen LogP contribution in [0.1, 0.15) is 5.56 Å². The number of nitrogens with one attached hydrogen (secondary N) is 1. The van der Waals surface area contributed by atoms with E-state index in [1.807, 2.05) is 0 Å². The number of halogens is 2. The first-order valence-corrected chi connectivity index (χ1v) is 4.33. The lowest BCUT2D eigenvalue weighted by Gasteiger charge is -2.02. The van der Waals surface area contributed by atoms with Crippen LogP contribution >= 0.6 is 0 Å². The maximum Gasteiger partial charge on any atom is 0.308 e. The smallest absolute Gasteiger partial charge is 0.308 e. The third-order valence-corrected chi connectivity index (χ3v) is 1.93.